The lowest BCUT2D eigenvalue weighted by Crippen LogP contribution is -2.24. The monoisotopic (exact) mass is 295 g/mol. The Morgan fingerprint density at radius 2 is 2.05 bits per heavy atom. The van der Waals surface area contributed by atoms with Gasteiger partial charge in [-0.25, -0.2) is 13.1 Å². The Labute approximate surface area is 118 Å². The predicted molar refractivity (Wildman–Crippen MR) is 75.9 cm³/mol. The van der Waals surface area contributed by atoms with Gasteiger partial charge in [0.05, 0.1) is 17.9 Å². The van der Waals surface area contributed by atoms with E-state index in [0.29, 0.717) is 23.7 Å². The van der Waals surface area contributed by atoms with Crippen LogP contribution in [0, 0.1) is 6.92 Å². The first-order valence-electron chi connectivity index (χ1n) is 6.27. The van der Waals surface area contributed by atoms with Gasteiger partial charge in [-0.15, -0.1) is 0 Å². The Kier molecular flexibility index (Phi) is 4.41. The highest BCUT2D eigenvalue weighted by Gasteiger charge is 2.18. The summed E-state index contributed by atoms with van der Waals surface area (Å²) < 4.78 is 32.0. The Balaban J connectivity index is 2.18. The van der Waals surface area contributed by atoms with Crippen molar-refractivity contribution < 1.29 is 12.9 Å². The fraction of sp³-hybridized carbons (Fsp3) is 0.308. The van der Waals surface area contributed by atoms with E-state index in [9.17, 15) is 8.42 Å². The van der Waals surface area contributed by atoms with E-state index in [2.05, 4.69) is 15.2 Å². The Hall–Kier alpha value is -1.86. The molecule has 0 amide bonds. The molecule has 6 nitrogen and oxygen atoms in total. The minimum atomic E-state index is -3.60. The van der Waals surface area contributed by atoms with Crippen LogP contribution in [0.2, 0.25) is 0 Å². The van der Waals surface area contributed by atoms with E-state index in [-0.39, 0.29) is 11.4 Å². The molecule has 0 aliphatic rings. The number of para-hydroxylation sites is 1. The van der Waals surface area contributed by atoms with E-state index in [0.717, 1.165) is 0 Å². The van der Waals surface area contributed by atoms with Gasteiger partial charge in [-0.2, -0.15) is 0 Å². The summed E-state index contributed by atoms with van der Waals surface area (Å²) in [7, 11) is -3.60. The maximum absolute atomic E-state index is 12.3. The highest BCUT2D eigenvalue weighted by Crippen LogP contribution is 2.20. The molecule has 0 saturated heterocycles. The molecule has 0 atom stereocenters. The van der Waals surface area contributed by atoms with Gasteiger partial charge in [-0.05, 0) is 26.0 Å². The molecular formula is C13H17N3O3S. The second-order valence-corrected chi connectivity index (χ2v) is 6.02. The SMILES string of the molecule is CCNc1ccccc1S(=O)(=O)NCc1cc(C)on1. The largest absolute Gasteiger partial charge is 0.384 e. The lowest BCUT2D eigenvalue weighted by atomic mass is 10.3. The Morgan fingerprint density at radius 1 is 1.30 bits per heavy atom. The van der Waals surface area contributed by atoms with Crippen LogP contribution in [-0.4, -0.2) is 20.1 Å². The number of hydrogen-bond acceptors (Lipinski definition) is 5. The molecule has 1 aromatic carbocycles. The summed E-state index contributed by atoms with van der Waals surface area (Å²) >= 11 is 0. The van der Waals surface area contributed by atoms with Crippen molar-refractivity contribution in [2.75, 3.05) is 11.9 Å². The average molecular weight is 295 g/mol. The van der Waals surface area contributed by atoms with Crippen LogP contribution < -0.4 is 10.0 Å². The zero-order valence-electron chi connectivity index (χ0n) is 11.4. The number of anilines is 1. The van der Waals surface area contributed by atoms with Crippen molar-refractivity contribution in [3.8, 4) is 0 Å². The number of aromatic nitrogens is 1. The fourth-order valence-corrected chi connectivity index (χ4v) is 2.97. The van der Waals surface area contributed by atoms with E-state index >= 15 is 0 Å². The van der Waals surface area contributed by atoms with Gasteiger partial charge in [-0.1, -0.05) is 17.3 Å². The van der Waals surface area contributed by atoms with Crippen LogP contribution >= 0.6 is 0 Å². The average Bonchev–Trinajstić information content (AvgIpc) is 2.83. The second kappa shape index (κ2) is 6.06. The molecule has 0 radical (unpaired) electrons. The first-order chi connectivity index (χ1) is 9.53. The van der Waals surface area contributed by atoms with Gasteiger partial charge in [0, 0.05) is 12.6 Å². The summed E-state index contributed by atoms with van der Waals surface area (Å²) in [6.45, 7) is 4.41. The summed E-state index contributed by atoms with van der Waals surface area (Å²) in [5.41, 5.74) is 1.13. The number of aryl methyl sites for hydroxylation is 1. The third kappa shape index (κ3) is 3.37. The lowest BCUT2D eigenvalue weighted by Gasteiger charge is -2.11. The minimum Gasteiger partial charge on any atom is -0.384 e. The van der Waals surface area contributed by atoms with Crippen molar-refractivity contribution in [2.45, 2.75) is 25.3 Å². The van der Waals surface area contributed by atoms with Crippen molar-refractivity contribution in [3.05, 3.63) is 41.8 Å². The number of rotatable bonds is 6. The zero-order valence-corrected chi connectivity index (χ0v) is 12.2. The van der Waals surface area contributed by atoms with E-state index < -0.39 is 10.0 Å². The molecule has 7 heteroatoms. The van der Waals surface area contributed by atoms with Crippen LogP contribution in [-0.2, 0) is 16.6 Å². The van der Waals surface area contributed by atoms with Gasteiger partial charge < -0.3 is 9.84 Å². The van der Waals surface area contributed by atoms with Crippen LogP contribution in [0.3, 0.4) is 0 Å². The summed E-state index contributed by atoms with van der Waals surface area (Å²) in [5, 5.41) is 6.78. The van der Waals surface area contributed by atoms with E-state index in [1.165, 1.54) is 0 Å². The summed E-state index contributed by atoms with van der Waals surface area (Å²) in [5.74, 6) is 0.646. The predicted octanol–water partition coefficient (Wildman–Crippen LogP) is 1.89. The van der Waals surface area contributed by atoms with Gasteiger partial charge in [0.15, 0.2) is 0 Å². The van der Waals surface area contributed by atoms with Crippen molar-refractivity contribution in [2.24, 2.45) is 0 Å². The summed E-state index contributed by atoms with van der Waals surface area (Å²) in [6.07, 6.45) is 0. The molecule has 0 fully saturated rings. The smallest absolute Gasteiger partial charge is 0.242 e. The molecule has 108 valence electrons. The molecule has 20 heavy (non-hydrogen) atoms. The van der Waals surface area contributed by atoms with Gasteiger partial charge in [-0.3, -0.25) is 0 Å². The molecule has 1 aromatic heterocycles. The quantitative estimate of drug-likeness (QED) is 0.850. The van der Waals surface area contributed by atoms with Crippen LogP contribution in [0.5, 0.6) is 0 Å². The van der Waals surface area contributed by atoms with Crippen LogP contribution in [0.25, 0.3) is 0 Å². The number of nitrogens with zero attached hydrogens (tertiary/aromatic N) is 1. The normalized spacial score (nSPS) is 11.5. The van der Waals surface area contributed by atoms with Crippen molar-refractivity contribution in [1.82, 2.24) is 9.88 Å². The molecule has 0 bridgehead atoms. The Morgan fingerprint density at radius 3 is 2.70 bits per heavy atom. The molecule has 0 spiro atoms. The molecule has 2 N–H and O–H groups in total. The third-order valence-electron chi connectivity index (χ3n) is 2.66. The van der Waals surface area contributed by atoms with E-state index in [4.69, 9.17) is 4.52 Å². The van der Waals surface area contributed by atoms with E-state index in [1.807, 2.05) is 6.92 Å². The maximum atomic E-state index is 12.3. The highest BCUT2D eigenvalue weighted by atomic mass is 32.2. The van der Waals surface area contributed by atoms with Gasteiger partial charge >= 0.3 is 0 Å². The first kappa shape index (κ1) is 14.5. The highest BCUT2D eigenvalue weighted by molar-refractivity contribution is 7.89. The fourth-order valence-electron chi connectivity index (χ4n) is 1.79. The summed E-state index contributed by atoms with van der Waals surface area (Å²) in [4.78, 5) is 0.224. The van der Waals surface area contributed by atoms with Crippen LogP contribution in [0.4, 0.5) is 5.69 Å². The standard InChI is InChI=1S/C13H17N3O3S/c1-3-14-12-6-4-5-7-13(12)20(17,18)15-9-11-8-10(2)19-16-11/h4-8,14-15H,3,9H2,1-2H3. The first-order valence-corrected chi connectivity index (χ1v) is 7.76. The number of benzene rings is 1. The molecular weight excluding hydrogens is 278 g/mol. The number of sulfonamides is 1. The number of hydrogen-bond donors (Lipinski definition) is 2. The van der Waals surface area contributed by atoms with Gasteiger partial charge in [0.1, 0.15) is 10.7 Å². The lowest BCUT2D eigenvalue weighted by molar-refractivity contribution is 0.390. The molecule has 2 aromatic rings. The molecule has 0 saturated carbocycles. The molecule has 0 aliphatic carbocycles. The zero-order chi connectivity index (χ0) is 14.6. The molecule has 2 rings (SSSR count). The van der Waals surface area contributed by atoms with Gasteiger partial charge in [0.2, 0.25) is 10.0 Å². The van der Waals surface area contributed by atoms with Crippen LogP contribution in [0.15, 0.2) is 39.8 Å². The number of nitrogens with one attached hydrogen (secondary N) is 2. The molecule has 0 aliphatic heterocycles. The maximum Gasteiger partial charge on any atom is 0.242 e. The Bertz CT molecular complexity index is 680. The topological polar surface area (TPSA) is 84.2 Å². The molecule has 0 unspecified atom stereocenters. The van der Waals surface area contributed by atoms with Crippen molar-refractivity contribution in [3.63, 3.8) is 0 Å². The third-order valence-corrected chi connectivity index (χ3v) is 4.12. The van der Waals surface area contributed by atoms with Crippen molar-refractivity contribution in [1.29, 1.82) is 0 Å². The van der Waals surface area contributed by atoms with Crippen LogP contribution in [0.1, 0.15) is 18.4 Å². The van der Waals surface area contributed by atoms with E-state index in [1.54, 1.807) is 37.3 Å². The second-order valence-electron chi connectivity index (χ2n) is 4.28. The van der Waals surface area contributed by atoms with Gasteiger partial charge in [0.25, 0.3) is 0 Å². The summed E-state index contributed by atoms with van der Waals surface area (Å²) in [6, 6.07) is 8.47. The molecule has 1 heterocycles. The minimum absolute atomic E-state index is 0.0974. The van der Waals surface area contributed by atoms with Crippen molar-refractivity contribution >= 4 is 15.7 Å².